The summed E-state index contributed by atoms with van der Waals surface area (Å²) in [7, 11) is 0. The molecule has 0 bridgehead atoms. The van der Waals surface area contributed by atoms with Gasteiger partial charge in [0.2, 0.25) is 5.12 Å². The highest BCUT2D eigenvalue weighted by Crippen LogP contribution is 2.25. The molecule has 0 saturated heterocycles. The Balaban J connectivity index is 1.65. The number of carbonyl (C=O) groups excluding carboxylic acids is 1. The molecule has 5 heteroatoms. The van der Waals surface area contributed by atoms with Gasteiger partial charge in [0.25, 0.3) is 0 Å². The van der Waals surface area contributed by atoms with E-state index in [1.165, 1.54) is 11.1 Å². The zero-order valence-corrected chi connectivity index (χ0v) is 16.7. The summed E-state index contributed by atoms with van der Waals surface area (Å²) in [4.78, 5) is 16.2. The van der Waals surface area contributed by atoms with E-state index in [2.05, 4.69) is 55.8 Å². The molecule has 4 nitrogen and oxygen atoms in total. The van der Waals surface area contributed by atoms with Crippen LogP contribution in [0.2, 0.25) is 0 Å². The van der Waals surface area contributed by atoms with Crippen molar-refractivity contribution in [2.75, 3.05) is 0 Å². The SMILES string of the molecule is CC(C)c1ccc(Cc2ccn3ncc(-c4ccc(C(=O)S)cc4)c3n2)cc1. The maximum Gasteiger partial charge on any atom is 0.216 e. The summed E-state index contributed by atoms with van der Waals surface area (Å²) in [6, 6.07) is 18.1. The van der Waals surface area contributed by atoms with E-state index < -0.39 is 0 Å². The van der Waals surface area contributed by atoms with Gasteiger partial charge in [0.05, 0.1) is 6.20 Å². The van der Waals surface area contributed by atoms with Crippen molar-refractivity contribution in [3.63, 3.8) is 0 Å². The third-order valence-corrected chi connectivity index (χ3v) is 5.16. The molecule has 0 fully saturated rings. The van der Waals surface area contributed by atoms with Crippen LogP contribution < -0.4 is 0 Å². The first-order chi connectivity index (χ1) is 13.5. The van der Waals surface area contributed by atoms with Crippen molar-refractivity contribution in [3.05, 3.63) is 89.4 Å². The van der Waals surface area contributed by atoms with Gasteiger partial charge in [0.15, 0.2) is 5.65 Å². The molecule has 0 N–H and O–H groups in total. The Morgan fingerprint density at radius 3 is 2.39 bits per heavy atom. The van der Waals surface area contributed by atoms with Crippen LogP contribution in [0.1, 0.15) is 46.9 Å². The molecule has 2 heterocycles. The van der Waals surface area contributed by atoms with Crippen LogP contribution in [0.3, 0.4) is 0 Å². The first-order valence-corrected chi connectivity index (χ1v) is 9.72. The number of benzene rings is 2. The van der Waals surface area contributed by atoms with Crippen LogP contribution in [0.4, 0.5) is 0 Å². The van der Waals surface area contributed by atoms with E-state index in [9.17, 15) is 4.79 Å². The monoisotopic (exact) mass is 387 g/mol. The van der Waals surface area contributed by atoms with Crippen molar-refractivity contribution in [1.82, 2.24) is 14.6 Å². The molecule has 0 aliphatic heterocycles. The number of rotatable bonds is 5. The summed E-state index contributed by atoms with van der Waals surface area (Å²) < 4.78 is 1.78. The van der Waals surface area contributed by atoms with Crippen LogP contribution in [-0.4, -0.2) is 19.7 Å². The summed E-state index contributed by atoms with van der Waals surface area (Å²) in [6.45, 7) is 4.40. The molecule has 0 atom stereocenters. The highest BCUT2D eigenvalue weighted by atomic mass is 32.1. The lowest BCUT2D eigenvalue weighted by molar-refractivity contribution is 0.109. The van der Waals surface area contributed by atoms with Crippen LogP contribution >= 0.6 is 12.6 Å². The lowest BCUT2D eigenvalue weighted by Crippen LogP contribution is -1.98. The van der Waals surface area contributed by atoms with Crippen molar-refractivity contribution < 1.29 is 4.79 Å². The van der Waals surface area contributed by atoms with Crippen molar-refractivity contribution in [3.8, 4) is 11.1 Å². The standard InChI is InChI=1S/C23H21N3OS/c1-15(2)17-5-3-16(4-6-17)13-20-11-12-26-22(25-20)21(14-24-26)18-7-9-19(10-8-18)23(27)28/h3-12,14-15H,13H2,1-2H3,(H,27,28). The summed E-state index contributed by atoms with van der Waals surface area (Å²) in [5.41, 5.74) is 6.86. The lowest BCUT2D eigenvalue weighted by Gasteiger charge is -2.07. The predicted molar refractivity (Wildman–Crippen MR) is 115 cm³/mol. The molecule has 0 amide bonds. The fourth-order valence-corrected chi connectivity index (χ4v) is 3.38. The number of hydrogen-bond donors (Lipinski definition) is 1. The van der Waals surface area contributed by atoms with Crippen LogP contribution in [-0.2, 0) is 6.42 Å². The van der Waals surface area contributed by atoms with Crippen LogP contribution in [0.5, 0.6) is 0 Å². The normalized spacial score (nSPS) is 11.3. The van der Waals surface area contributed by atoms with E-state index in [-0.39, 0.29) is 5.12 Å². The quantitative estimate of drug-likeness (QED) is 0.480. The molecular weight excluding hydrogens is 366 g/mol. The third-order valence-electron chi connectivity index (χ3n) is 4.90. The lowest BCUT2D eigenvalue weighted by atomic mass is 10.0. The van der Waals surface area contributed by atoms with Gasteiger partial charge in [0.1, 0.15) is 0 Å². The van der Waals surface area contributed by atoms with Gasteiger partial charge in [-0.1, -0.05) is 50.2 Å². The zero-order valence-electron chi connectivity index (χ0n) is 15.8. The van der Waals surface area contributed by atoms with Crippen LogP contribution in [0.25, 0.3) is 16.8 Å². The zero-order chi connectivity index (χ0) is 19.7. The molecule has 0 unspecified atom stereocenters. The Morgan fingerprint density at radius 1 is 1.04 bits per heavy atom. The predicted octanol–water partition coefficient (Wildman–Crippen LogP) is 5.18. The van der Waals surface area contributed by atoms with Gasteiger partial charge >= 0.3 is 0 Å². The van der Waals surface area contributed by atoms with E-state index in [0.29, 0.717) is 11.5 Å². The second-order valence-electron chi connectivity index (χ2n) is 7.20. The molecular formula is C23H21N3OS. The second kappa shape index (κ2) is 7.60. The maximum absolute atomic E-state index is 11.4. The van der Waals surface area contributed by atoms with E-state index >= 15 is 0 Å². The number of carbonyl (C=O) groups is 1. The molecule has 28 heavy (non-hydrogen) atoms. The Kier molecular flexibility index (Phi) is 5.01. The average molecular weight is 388 g/mol. The number of nitrogens with zero attached hydrogens (tertiary/aromatic N) is 3. The molecule has 140 valence electrons. The minimum Gasteiger partial charge on any atom is -0.282 e. The van der Waals surface area contributed by atoms with Crippen molar-refractivity contribution in [2.24, 2.45) is 0 Å². The number of fused-ring (bicyclic) bond motifs is 1. The highest BCUT2D eigenvalue weighted by Gasteiger charge is 2.10. The molecule has 2 aromatic heterocycles. The van der Waals surface area contributed by atoms with E-state index in [1.807, 2.05) is 24.4 Å². The average Bonchev–Trinajstić information content (AvgIpc) is 3.11. The van der Waals surface area contributed by atoms with Gasteiger partial charge in [-0.25, -0.2) is 9.50 Å². The largest absolute Gasteiger partial charge is 0.282 e. The topological polar surface area (TPSA) is 47.3 Å². The molecule has 0 aliphatic carbocycles. The van der Waals surface area contributed by atoms with Crippen molar-refractivity contribution in [1.29, 1.82) is 0 Å². The molecule has 2 aromatic carbocycles. The van der Waals surface area contributed by atoms with Crippen molar-refractivity contribution >= 4 is 23.4 Å². The first kappa shape index (κ1) is 18.4. The number of aromatic nitrogens is 3. The Hall–Kier alpha value is -2.92. The van der Waals surface area contributed by atoms with Crippen molar-refractivity contribution in [2.45, 2.75) is 26.2 Å². The Bertz CT molecular complexity index is 1130. The summed E-state index contributed by atoms with van der Waals surface area (Å²) in [5.74, 6) is 0.530. The third kappa shape index (κ3) is 3.71. The molecule has 0 saturated carbocycles. The minimum absolute atomic E-state index is 0.240. The number of hydrogen-bond acceptors (Lipinski definition) is 3. The Morgan fingerprint density at radius 2 is 1.75 bits per heavy atom. The van der Waals surface area contributed by atoms with Gasteiger partial charge in [-0.05, 0) is 40.8 Å². The minimum atomic E-state index is -0.240. The van der Waals surface area contributed by atoms with E-state index in [4.69, 9.17) is 4.98 Å². The summed E-state index contributed by atoms with van der Waals surface area (Å²) >= 11 is 3.87. The fourth-order valence-electron chi connectivity index (χ4n) is 3.23. The first-order valence-electron chi connectivity index (χ1n) is 9.27. The highest BCUT2D eigenvalue weighted by molar-refractivity contribution is 7.97. The molecule has 4 rings (SSSR count). The smallest absolute Gasteiger partial charge is 0.216 e. The molecule has 0 spiro atoms. The van der Waals surface area contributed by atoms with Crippen LogP contribution in [0.15, 0.2) is 67.0 Å². The molecule has 0 aliphatic rings. The summed E-state index contributed by atoms with van der Waals surface area (Å²) in [5, 5.41) is 4.16. The van der Waals surface area contributed by atoms with Gasteiger partial charge in [0, 0.05) is 29.4 Å². The fraction of sp³-hybridized carbons (Fsp3) is 0.174. The van der Waals surface area contributed by atoms with Crippen LogP contribution in [0, 0.1) is 0 Å². The van der Waals surface area contributed by atoms with E-state index in [0.717, 1.165) is 28.9 Å². The van der Waals surface area contributed by atoms with Gasteiger partial charge in [-0.3, -0.25) is 4.79 Å². The maximum atomic E-state index is 11.4. The van der Waals surface area contributed by atoms with Gasteiger partial charge in [-0.15, -0.1) is 12.6 Å². The van der Waals surface area contributed by atoms with Gasteiger partial charge in [-0.2, -0.15) is 5.10 Å². The Labute approximate surface area is 169 Å². The van der Waals surface area contributed by atoms with E-state index in [1.54, 1.807) is 22.8 Å². The van der Waals surface area contributed by atoms with Gasteiger partial charge < -0.3 is 0 Å². The molecule has 4 aromatic rings. The second-order valence-corrected chi connectivity index (χ2v) is 7.61. The number of thiol groups is 1. The summed E-state index contributed by atoms with van der Waals surface area (Å²) in [6.07, 6.45) is 4.52. The molecule has 0 radical (unpaired) electrons.